The largest absolute Gasteiger partial charge is 0.379 e. The summed E-state index contributed by atoms with van der Waals surface area (Å²) in [6, 6.07) is 17.0. The molecule has 0 aliphatic heterocycles. The summed E-state index contributed by atoms with van der Waals surface area (Å²) in [7, 11) is 4.00. The van der Waals surface area contributed by atoms with Crippen LogP contribution in [0.1, 0.15) is 26.3 Å². The lowest BCUT2D eigenvalue weighted by Gasteiger charge is -2.29. The van der Waals surface area contributed by atoms with Crippen molar-refractivity contribution >= 4 is 25.0 Å². The van der Waals surface area contributed by atoms with E-state index >= 15 is 0 Å². The van der Waals surface area contributed by atoms with Crippen LogP contribution in [0.25, 0.3) is 11.1 Å². The van der Waals surface area contributed by atoms with Gasteiger partial charge in [-0.25, -0.2) is 0 Å². The standard InChI is InChI=1S/C22H28N2S/c1-17(2)22(3,25)20-13-12-19(18-10-8-7-9-11-18)16-21(20)24(6)15-14-23(4)5/h7-17H,6H2,1-5H3/p+1/b15-14-. The molecule has 0 spiro atoms. The molecule has 0 fully saturated rings. The zero-order valence-corrected chi connectivity index (χ0v) is 16.8. The van der Waals surface area contributed by atoms with Gasteiger partial charge in [0.25, 0.3) is 0 Å². The first-order valence-electron chi connectivity index (χ1n) is 8.60. The molecule has 1 atom stereocenters. The Morgan fingerprint density at radius 2 is 1.72 bits per heavy atom. The van der Waals surface area contributed by atoms with E-state index in [0.29, 0.717) is 5.92 Å². The fourth-order valence-electron chi connectivity index (χ4n) is 2.61. The van der Waals surface area contributed by atoms with Crippen LogP contribution < -0.4 is 0 Å². The van der Waals surface area contributed by atoms with Crippen LogP contribution in [0.5, 0.6) is 0 Å². The van der Waals surface area contributed by atoms with Crippen molar-refractivity contribution in [2.24, 2.45) is 5.92 Å². The molecule has 0 amide bonds. The number of thiol groups is 1. The minimum Gasteiger partial charge on any atom is -0.379 e. The quantitative estimate of drug-likeness (QED) is 0.407. The summed E-state index contributed by atoms with van der Waals surface area (Å²) in [6.07, 6.45) is 3.98. The minimum absolute atomic E-state index is 0.244. The molecule has 0 aliphatic rings. The van der Waals surface area contributed by atoms with Crippen molar-refractivity contribution in [2.75, 3.05) is 14.1 Å². The number of hydrogen-bond donors (Lipinski definition) is 1. The molecule has 3 heteroatoms. The van der Waals surface area contributed by atoms with E-state index < -0.39 is 0 Å². The lowest BCUT2D eigenvalue weighted by atomic mass is 9.86. The highest BCUT2D eigenvalue weighted by Crippen LogP contribution is 2.42. The van der Waals surface area contributed by atoms with E-state index in [9.17, 15) is 0 Å². The molecule has 25 heavy (non-hydrogen) atoms. The highest BCUT2D eigenvalue weighted by Gasteiger charge is 2.32. The van der Waals surface area contributed by atoms with E-state index in [4.69, 9.17) is 12.6 Å². The molecule has 0 saturated heterocycles. The molecule has 0 saturated carbocycles. The average molecular weight is 354 g/mol. The SMILES string of the molecule is C=[N+](/C=C\N(C)C)c1cc(-c2ccccc2)ccc1C(C)(S)C(C)C. The topological polar surface area (TPSA) is 6.25 Å². The van der Waals surface area contributed by atoms with Gasteiger partial charge >= 0.3 is 0 Å². The number of hydrogen-bond acceptors (Lipinski definition) is 2. The molecule has 2 aromatic rings. The Hall–Kier alpha value is -2.00. The average Bonchev–Trinajstić information content (AvgIpc) is 2.59. The smallest absolute Gasteiger partial charge is 0.215 e. The van der Waals surface area contributed by atoms with Gasteiger partial charge in [-0.1, -0.05) is 56.3 Å². The third-order valence-corrected chi connectivity index (χ3v) is 5.39. The Morgan fingerprint density at radius 3 is 2.28 bits per heavy atom. The van der Waals surface area contributed by atoms with Crippen molar-refractivity contribution in [1.82, 2.24) is 4.90 Å². The van der Waals surface area contributed by atoms with E-state index in [1.807, 2.05) is 42.0 Å². The molecular formula is C22H29N2S+. The van der Waals surface area contributed by atoms with Crippen molar-refractivity contribution in [3.63, 3.8) is 0 Å². The van der Waals surface area contributed by atoms with Gasteiger partial charge in [0, 0.05) is 30.5 Å². The van der Waals surface area contributed by atoms with Gasteiger partial charge in [0.2, 0.25) is 5.69 Å². The van der Waals surface area contributed by atoms with Crippen molar-refractivity contribution in [3.8, 4) is 11.1 Å². The van der Waals surface area contributed by atoms with Gasteiger partial charge in [0.15, 0.2) is 6.20 Å². The Kier molecular flexibility index (Phi) is 6.12. The van der Waals surface area contributed by atoms with Gasteiger partial charge in [-0.05, 0) is 24.0 Å². The second-order valence-corrected chi connectivity index (χ2v) is 8.06. The maximum atomic E-state index is 4.98. The molecule has 2 nitrogen and oxygen atoms in total. The van der Waals surface area contributed by atoms with Crippen LogP contribution in [0.3, 0.4) is 0 Å². The van der Waals surface area contributed by atoms with Crippen molar-refractivity contribution in [3.05, 3.63) is 66.5 Å². The molecule has 2 rings (SSSR count). The first-order chi connectivity index (χ1) is 11.7. The lowest BCUT2D eigenvalue weighted by molar-refractivity contribution is -0.351. The molecule has 0 aliphatic carbocycles. The summed E-state index contributed by atoms with van der Waals surface area (Å²) < 4.78 is 1.69. The number of benzene rings is 2. The molecule has 0 bridgehead atoms. The van der Waals surface area contributed by atoms with Gasteiger partial charge in [-0.2, -0.15) is 17.2 Å². The number of rotatable bonds is 6. The van der Waals surface area contributed by atoms with Crippen LogP contribution in [0.2, 0.25) is 0 Å². The lowest BCUT2D eigenvalue weighted by Crippen LogP contribution is -2.23. The third kappa shape index (κ3) is 4.55. The Labute approximate surface area is 157 Å². The Morgan fingerprint density at radius 1 is 1.08 bits per heavy atom. The summed E-state index contributed by atoms with van der Waals surface area (Å²) in [5, 5.41) is 0. The summed E-state index contributed by atoms with van der Waals surface area (Å²) in [5.74, 6) is 0.392. The molecule has 1 unspecified atom stereocenters. The summed E-state index contributed by atoms with van der Waals surface area (Å²) >= 11 is 4.98. The normalized spacial score (nSPS) is 13.9. The number of nitrogens with zero attached hydrogens (tertiary/aromatic N) is 2. The van der Waals surface area contributed by atoms with Crippen LogP contribution in [0.4, 0.5) is 5.69 Å². The van der Waals surface area contributed by atoms with Crippen LogP contribution in [0.15, 0.2) is 60.9 Å². The van der Waals surface area contributed by atoms with Crippen LogP contribution in [-0.4, -0.2) is 30.3 Å². The molecule has 0 aromatic heterocycles. The van der Waals surface area contributed by atoms with E-state index in [-0.39, 0.29) is 4.75 Å². The predicted molar refractivity (Wildman–Crippen MR) is 113 cm³/mol. The van der Waals surface area contributed by atoms with Gasteiger partial charge in [-0.3, -0.25) is 0 Å². The Balaban J connectivity index is 2.59. The van der Waals surface area contributed by atoms with Gasteiger partial charge in [0.05, 0.1) is 6.20 Å². The zero-order chi connectivity index (χ0) is 18.6. The highest BCUT2D eigenvalue weighted by molar-refractivity contribution is 7.81. The molecule has 0 radical (unpaired) electrons. The van der Waals surface area contributed by atoms with Crippen molar-refractivity contribution < 1.29 is 4.58 Å². The second kappa shape index (κ2) is 7.92. The van der Waals surface area contributed by atoms with E-state index in [1.54, 1.807) is 0 Å². The predicted octanol–water partition coefficient (Wildman–Crippen LogP) is 5.53. The monoisotopic (exact) mass is 353 g/mol. The summed E-state index contributed by atoms with van der Waals surface area (Å²) in [4.78, 5) is 2.00. The molecule has 0 heterocycles. The molecular weight excluding hydrogens is 324 g/mol. The van der Waals surface area contributed by atoms with Crippen LogP contribution >= 0.6 is 12.6 Å². The molecule has 0 N–H and O–H groups in total. The fraction of sp³-hybridized carbons (Fsp3) is 0.318. The van der Waals surface area contributed by atoms with Crippen LogP contribution in [0, 0.1) is 5.92 Å². The van der Waals surface area contributed by atoms with E-state index in [0.717, 1.165) is 5.69 Å². The highest BCUT2D eigenvalue weighted by atomic mass is 32.1. The van der Waals surface area contributed by atoms with E-state index in [1.165, 1.54) is 16.7 Å². The van der Waals surface area contributed by atoms with Gasteiger partial charge in [0.1, 0.15) is 6.72 Å². The maximum Gasteiger partial charge on any atom is 0.215 e. The Bertz CT molecular complexity index is 759. The second-order valence-electron chi connectivity index (χ2n) is 7.13. The fourth-order valence-corrected chi connectivity index (χ4v) is 2.80. The zero-order valence-electron chi connectivity index (χ0n) is 15.9. The first kappa shape index (κ1) is 19.3. The van der Waals surface area contributed by atoms with Crippen LogP contribution in [-0.2, 0) is 4.75 Å². The van der Waals surface area contributed by atoms with Crippen molar-refractivity contribution in [1.29, 1.82) is 0 Å². The van der Waals surface area contributed by atoms with Gasteiger partial charge in [-0.15, -0.1) is 0 Å². The summed E-state index contributed by atoms with van der Waals surface area (Å²) in [6.45, 7) is 10.8. The molecule has 132 valence electrons. The molecule has 2 aromatic carbocycles. The summed E-state index contributed by atoms with van der Waals surface area (Å²) in [5.41, 5.74) is 4.64. The van der Waals surface area contributed by atoms with Gasteiger partial charge < -0.3 is 4.90 Å². The third-order valence-electron chi connectivity index (χ3n) is 4.63. The minimum atomic E-state index is -0.244. The van der Waals surface area contributed by atoms with E-state index in [2.05, 4.69) is 70.0 Å². The maximum absolute atomic E-state index is 4.98. The first-order valence-corrected chi connectivity index (χ1v) is 9.05. The van der Waals surface area contributed by atoms with Crippen molar-refractivity contribution in [2.45, 2.75) is 25.5 Å².